The third kappa shape index (κ3) is 1.59. The van der Waals surface area contributed by atoms with Crippen molar-refractivity contribution in [2.75, 3.05) is 25.2 Å². The average Bonchev–Trinajstić information content (AvgIpc) is 2.61. The summed E-state index contributed by atoms with van der Waals surface area (Å²) in [6.07, 6.45) is 0. The maximum atomic E-state index is 11.7. The van der Waals surface area contributed by atoms with Crippen LogP contribution in [-0.2, 0) is 4.79 Å². The number of fused-ring (bicyclic) bond motifs is 1. The fourth-order valence-corrected chi connectivity index (χ4v) is 1.69. The molecule has 2 aliphatic rings. The lowest BCUT2D eigenvalue weighted by molar-refractivity contribution is -0.121. The molecule has 5 nitrogen and oxygen atoms in total. The first-order valence-corrected chi connectivity index (χ1v) is 5.24. The minimum Gasteiger partial charge on any atom is -0.454 e. The molecular formula is C11H12N2O3. The Balaban J connectivity index is 1.72. The summed E-state index contributed by atoms with van der Waals surface area (Å²) < 4.78 is 10.4. The number of carbonyl (C=O) groups excluding carboxylic acids is 1. The molecule has 1 fully saturated rings. The summed E-state index contributed by atoms with van der Waals surface area (Å²) in [7, 11) is 0. The first kappa shape index (κ1) is 9.47. The SMILES string of the molecule is O=C(Nc1ccc2c(c1)OCO2)C1CNC1. The fraction of sp³-hybridized carbons (Fsp3) is 0.364. The van der Waals surface area contributed by atoms with Gasteiger partial charge in [0.2, 0.25) is 12.7 Å². The van der Waals surface area contributed by atoms with Crippen LogP contribution in [0.5, 0.6) is 11.5 Å². The molecule has 0 aromatic heterocycles. The number of hydrogen-bond acceptors (Lipinski definition) is 4. The molecule has 3 rings (SSSR count). The summed E-state index contributed by atoms with van der Waals surface area (Å²) in [5.41, 5.74) is 0.751. The second kappa shape index (κ2) is 3.68. The number of benzene rings is 1. The zero-order chi connectivity index (χ0) is 11.0. The Bertz CT molecular complexity index is 429. The van der Waals surface area contributed by atoms with E-state index in [0.29, 0.717) is 5.75 Å². The molecule has 5 heteroatoms. The smallest absolute Gasteiger partial charge is 0.231 e. The van der Waals surface area contributed by atoms with Crippen molar-refractivity contribution in [1.82, 2.24) is 5.32 Å². The van der Waals surface area contributed by atoms with Crippen molar-refractivity contribution in [2.45, 2.75) is 0 Å². The third-order valence-corrected chi connectivity index (χ3v) is 2.79. The summed E-state index contributed by atoms with van der Waals surface area (Å²) in [5, 5.41) is 5.92. The van der Waals surface area contributed by atoms with Crippen LogP contribution in [0.4, 0.5) is 5.69 Å². The predicted molar refractivity (Wildman–Crippen MR) is 57.6 cm³/mol. The lowest BCUT2D eigenvalue weighted by Crippen LogP contribution is -2.48. The monoisotopic (exact) mass is 220 g/mol. The van der Waals surface area contributed by atoms with Gasteiger partial charge < -0.3 is 20.1 Å². The van der Waals surface area contributed by atoms with Crippen molar-refractivity contribution in [2.24, 2.45) is 5.92 Å². The van der Waals surface area contributed by atoms with Crippen molar-refractivity contribution >= 4 is 11.6 Å². The molecule has 2 heterocycles. The third-order valence-electron chi connectivity index (χ3n) is 2.79. The highest BCUT2D eigenvalue weighted by Gasteiger charge is 2.25. The van der Waals surface area contributed by atoms with E-state index in [4.69, 9.17) is 9.47 Å². The molecule has 0 unspecified atom stereocenters. The lowest BCUT2D eigenvalue weighted by atomic mass is 10.0. The van der Waals surface area contributed by atoms with E-state index < -0.39 is 0 Å². The van der Waals surface area contributed by atoms with Gasteiger partial charge in [-0.25, -0.2) is 0 Å². The van der Waals surface area contributed by atoms with Gasteiger partial charge in [0, 0.05) is 24.8 Å². The van der Waals surface area contributed by atoms with Gasteiger partial charge in [-0.3, -0.25) is 4.79 Å². The maximum Gasteiger partial charge on any atom is 0.231 e. The highest BCUT2D eigenvalue weighted by atomic mass is 16.7. The van der Waals surface area contributed by atoms with E-state index in [-0.39, 0.29) is 18.6 Å². The molecule has 1 aromatic rings. The molecule has 84 valence electrons. The second-order valence-corrected chi connectivity index (χ2v) is 3.91. The van der Waals surface area contributed by atoms with Gasteiger partial charge in [0.1, 0.15) is 0 Å². The number of amides is 1. The molecule has 1 saturated heterocycles. The number of ether oxygens (including phenoxy) is 2. The van der Waals surface area contributed by atoms with Crippen molar-refractivity contribution in [1.29, 1.82) is 0 Å². The van der Waals surface area contributed by atoms with E-state index >= 15 is 0 Å². The maximum absolute atomic E-state index is 11.7. The molecule has 0 spiro atoms. The van der Waals surface area contributed by atoms with Gasteiger partial charge in [0.25, 0.3) is 0 Å². The number of nitrogens with one attached hydrogen (secondary N) is 2. The Hall–Kier alpha value is -1.75. The van der Waals surface area contributed by atoms with Gasteiger partial charge in [-0.1, -0.05) is 0 Å². The normalized spacial score (nSPS) is 18.0. The predicted octanol–water partition coefficient (Wildman–Crippen LogP) is 0.573. The average molecular weight is 220 g/mol. The van der Waals surface area contributed by atoms with Crippen LogP contribution in [0.3, 0.4) is 0 Å². The molecule has 0 bridgehead atoms. The molecule has 0 radical (unpaired) electrons. The van der Waals surface area contributed by atoms with Crippen LogP contribution in [-0.4, -0.2) is 25.8 Å². The molecule has 1 amide bonds. The van der Waals surface area contributed by atoms with Crippen LogP contribution in [0.25, 0.3) is 0 Å². The van der Waals surface area contributed by atoms with Crippen LogP contribution in [0, 0.1) is 5.92 Å². The minimum absolute atomic E-state index is 0.0533. The van der Waals surface area contributed by atoms with Crippen molar-refractivity contribution in [3.05, 3.63) is 18.2 Å². The highest BCUT2D eigenvalue weighted by Crippen LogP contribution is 2.34. The van der Waals surface area contributed by atoms with Gasteiger partial charge in [-0.2, -0.15) is 0 Å². The number of anilines is 1. The van der Waals surface area contributed by atoms with E-state index in [0.717, 1.165) is 24.5 Å². The van der Waals surface area contributed by atoms with E-state index in [1.165, 1.54) is 0 Å². The Labute approximate surface area is 92.7 Å². The Kier molecular flexibility index (Phi) is 2.18. The van der Waals surface area contributed by atoms with Crippen molar-refractivity contribution < 1.29 is 14.3 Å². The summed E-state index contributed by atoms with van der Waals surface area (Å²) >= 11 is 0. The minimum atomic E-state index is 0.0533. The quantitative estimate of drug-likeness (QED) is 0.765. The molecule has 2 aliphatic heterocycles. The van der Waals surface area contributed by atoms with Gasteiger partial charge >= 0.3 is 0 Å². The molecule has 2 N–H and O–H groups in total. The summed E-state index contributed by atoms with van der Waals surface area (Å²) in [6.45, 7) is 1.77. The highest BCUT2D eigenvalue weighted by molar-refractivity contribution is 5.93. The molecule has 1 aromatic carbocycles. The molecule has 0 atom stereocenters. The summed E-state index contributed by atoms with van der Waals surface area (Å²) in [4.78, 5) is 11.7. The standard InChI is InChI=1S/C11H12N2O3/c14-11(7-4-12-5-7)13-8-1-2-9-10(3-8)16-6-15-9/h1-3,7,12H,4-6H2,(H,13,14). The number of rotatable bonds is 2. The zero-order valence-electron chi connectivity index (χ0n) is 8.66. The van der Waals surface area contributed by atoms with Gasteiger partial charge in [-0.05, 0) is 12.1 Å². The molecule has 0 saturated carbocycles. The summed E-state index contributed by atoms with van der Waals surface area (Å²) in [5.74, 6) is 1.55. The van der Waals surface area contributed by atoms with Crippen LogP contribution in [0.15, 0.2) is 18.2 Å². The molecular weight excluding hydrogens is 208 g/mol. The van der Waals surface area contributed by atoms with Crippen LogP contribution >= 0.6 is 0 Å². The zero-order valence-corrected chi connectivity index (χ0v) is 8.66. The largest absolute Gasteiger partial charge is 0.454 e. The van der Waals surface area contributed by atoms with E-state index in [9.17, 15) is 4.79 Å². The molecule has 16 heavy (non-hydrogen) atoms. The van der Waals surface area contributed by atoms with Crippen LogP contribution < -0.4 is 20.1 Å². The first-order valence-electron chi connectivity index (χ1n) is 5.24. The van der Waals surface area contributed by atoms with Crippen LogP contribution in [0.2, 0.25) is 0 Å². The Morgan fingerprint density at radius 3 is 2.88 bits per heavy atom. The first-order chi connectivity index (χ1) is 7.83. The van der Waals surface area contributed by atoms with Gasteiger partial charge in [-0.15, -0.1) is 0 Å². The fourth-order valence-electron chi connectivity index (χ4n) is 1.69. The number of carbonyl (C=O) groups is 1. The number of hydrogen-bond donors (Lipinski definition) is 2. The van der Waals surface area contributed by atoms with E-state index in [1.54, 1.807) is 12.1 Å². The summed E-state index contributed by atoms with van der Waals surface area (Å²) in [6, 6.07) is 5.40. The van der Waals surface area contributed by atoms with Crippen molar-refractivity contribution in [3.8, 4) is 11.5 Å². The van der Waals surface area contributed by atoms with E-state index in [1.807, 2.05) is 6.07 Å². The van der Waals surface area contributed by atoms with E-state index in [2.05, 4.69) is 10.6 Å². The Morgan fingerprint density at radius 1 is 1.31 bits per heavy atom. The van der Waals surface area contributed by atoms with Crippen molar-refractivity contribution in [3.63, 3.8) is 0 Å². The topological polar surface area (TPSA) is 59.6 Å². The lowest BCUT2D eigenvalue weighted by Gasteiger charge is -2.25. The van der Waals surface area contributed by atoms with Crippen LogP contribution in [0.1, 0.15) is 0 Å². The molecule has 0 aliphatic carbocycles. The second-order valence-electron chi connectivity index (χ2n) is 3.91. The van der Waals surface area contributed by atoms with Gasteiger partial charge in [0.15, 0.2) is 11.5 Å². The Morgan fingerprint density at radius 2 is 2.12 bits per heavy atom. The van der Waals surface area contributed by atoms with Gasteiger partial charge in [0.05, 0.1) is 5.92 Å².